The third kappa shape index (κ3) is 2.69. The van der Waals surface area contributed by atoms with Crippen molar-refractivity contribution >= 4 is 21.7 Å². The summed E-state index contributed by atoms with van der Waals surface area (Å²) in [5, 5.41) is 4.32. The van der Waals surface area contributed by atoms with Crippen LogP contribution in [0.1, 0.15) is 47.9 Å². The number of benzene rings is 1. The molecule has 4 heteroatoms. The lowest BCUT2D eigenvalue weighted by atomic mass is 9.81. The van der Waals surface area contributed by atoms with Crippen molar-refractivity contribution in [1.82, 2.24) is 9.78 Å². The molecule has 1 unspecified atom stereocenters. The summed E-state index contributed by atoms with van der Waals surface area (Å²) in [6.07, 6.45) is 4.47. The number of hydrogen-bond donors (Lipinski definition) is 0. The van der Waals surface area contributed by atoms with Crippen molar-refractivity contribution < 1.29 is 4.79 Å². The monoisotopic (exact) mass is 346 g/mol. The Hall–Kier alpha value is -1.42. The summed E-state index contributed by atoms with van der Waals surface area (Å²) in [5.74, 6) is 0.271. The van der Waals surface area contributed by atoms with E-state index < -0.39 is 0 Å². The van der Waals surface area contributed by atoms with Crippen molar-refractivity contribution in [1.29, 1.82) is 0 Å². The minimum absolute atomic E-state index is 0.0606. The molecular formula is C17H19BrN2O. The van der Waals surface area contributed by atoms with Gasteiger partial charge in [-0.05, 0) is 60.2 Å². The topological polar surface area (TPSA) is 34.9 Å². The number of rotatable bonds is 3. The zero-order valence-electron chi connectivity index (χ0n) is 12.3. The van der Waals surface area contributed by atoms with Gasteiger partial charge in [-0.3, -0.25) is 9.48 Å². The normalized spacial score (nSPS) is 17.8. The molecule has 0 fully saturated rings. The molecule has 21 heavy (non-hydrogen) atoms. The van der Waals surface area contributed by atoms with E-state index in [0.717, 1.165) is 29.4 Å². The van der Waals surface area contributed by atoms with Crippen LogP contribution in [0.3, 0.4) is 0 Å². The Bertz CT molecular complexity index is 675. The highest BCUT2D eigenvalue weighted by atomic mass is 79.9. The molecular weight excluding hydrogens is 328 g/mol. The molecule has 3 rings (SSSR count). The maximum Gasteiger partial charge on any atom is 0.185 e. The summed E-state index contributed by atoms with van der Waals surface area (Å²) in [6.45, 7) is 4.10. The van der Waals surface area contributed by atoms with Crippen LogP contribution in [0, 0.1) is 5.92 Å². The minimum Gasteiger partial charge on any atom is -0.292 e. The number of carbonyl (C=O) groups excluding carboxylic acids is 1. The Labute approximate surface area is 133 Å². The number of ketones is 1. The second-order valence-electron chi connectivity index (χ2n) is 5.95. The van der Waals surface area contributed by atoms with Gasteiger partial charge in [0.15, 0.2) is 5.78 Å². The van der Waals surface area contributed by atoms with Crippen LogP contribution in [-0.4, -0.2) is 15.6 Å². The van der Waals surface area contributed by atoms with E-state index in [-0.39, 0.29) is 17.7 Å². The van der Waals surface area contributed by atoms with Crippen molar-refractivity contribution in [2.75, 3.05) is 0 Å². The third-order valence-electron chi connectivity index (χ3n) is 4.19. The molecule has 1 aliphatic rings. The first-order valence-corrected chi connectivity index (χ1v) is 8.21. The number of aromatic nitrogens is 2. The lowest BCUT2D eigenvalue weighted by Crippen LogP contribution is -2.26. The number of nitrogens with zero attached hydrogens (tertiary/aromatic N) is 2. The van der Waals surface area contributed by atoms with Gasteiger partial charge in [0.05, 0.1) is 10.7 Å². The highest BCUT2D eigenvalue weighted by molar-refractivity contribution is 9.10. The molecule has 0 saturated heterocycles. The molecule has 0 spiro atoms. The summed E-state index contributed by atoms with van der Waals surface area (Å²) in [4.78, 5) is 12.9. The number of hydrogen-bond acceptors (Lipinski definition) is 2. The fourth-order valence-corrected chi connectivity index (χ4v) is 3.55. The standard InChI is InChI=1S/C17H19BrN2O/c1-11(2)20-16(15(18)10-19-20)17(21)14-8-7-12-5-3-4-6-13(12)9-14/h3-6,10-11,14H,7-9H2,1-2H3. The average molecular weight is 347 g/mol. The van der Waals surface area contributed by atoms with E-state index in [0.29, 0.717) is 0 Å². The molecule has 0 aliphatic heterocycles. The van der Waals surface area contributed by atoms with Gasteiger partial charge in [-0.25, -0.2) is 0 Å². The first-order chi connectivity index (χ1) is 10.1. The molecule has 0 radical (unpaired) electrons. The molecule has 1 aromatic carbocycles. The van der Waals surface area contributed by atoms with Gasteiger partial charge in [-0.15, -0.1) is 0 Å². The van der Waals surface area contributed by atoms with E-state index in [1.807, 2.05) is 18.5 Å². The van der Waals surface area contributed by atoms with Crippen molar-refractivity contribution in [3.05, 3.63) is 51.8 Å². The van der Waals surface area contributed by atoms with Gasteiger partial charge in [-0.2, -0.15) is 5.10 Å². The molecule has 0 amide bonds. The van der Waals surface area contributed by atoms with Crippen molar-refractivity contribution in [3.8, 4) is 0 Å². The van der Waals surface area contributed by atoms with E-state index in [4.69, 9.17) is 0 Å². The summed E-state index contributed by atoms with van der Waals surface area (Å²) in [6, 6.07) is 8.63. The lowest BCUT2D eigenvalue weighted by molar-refractivity contribution is 0.0895. The predicted molar refractivity (Wildman–Crippen MR) is 86.6 cm³/mol. The zero-order valence-corrected chi connectivity index (χ0v) is 13.9. The zero-order chi connectivity index (χ0) is 15.0. The van der Waals surface area contributed by atoms with Crippen LogP contribution in [0.4, 0.5) is 0 Å². The smallest absolute Gasteiger partial charge is 0.185 e. The van der Waals surface area contributed by atoms with Crippen LogP contribution >= 0.6 is 15.9 Å². The van der Waals surface area contributed by atoms with Gasteiger partial charge in [0, 0.05) is 12.0 Å². The quantitative estimate of drug-likeness (QED) is 0.780. The van der Waals surface area contributed by atoms with E-state index in [2.05, 4.69) is 45.3 Å². The first kappa shape index (κ1) is 14.5. The van der Waals surface area contributed by atoms with E-state index >= 15 is 0 Å². The maximum atomic E-state index is 12.9. The first-order valence-electron chi connectivity index (χ1n) is 7.42. The molecule has 3 nitrogen and oxygen atoms in total. The Morgan fingerprint density at radius 2 is 2.05 bits per heavy atom. The number of carbonyl (C=O) groups is 1. The van der Waals surface area contributed by atoms with E-state index in [9.17, 15) is 4.79 Å². The van der Waals surface area contributed by atoms with Gasteiger partial charge in [-0.1, -0.05) is 24.3 Å². The van der Waals surface area contributed by atoms with Gasteiger partial charge in [0.25, 0.3) is 0 Å². The van der Waals surface area contributed by atoms with Crippen molar-refractivity contribution in [2.24, 2.45) is 5.92 Å². The van der Waals surface area contributed by atoms with Crippen LogP contribution in [0.15, 0.2) is 34.9 Å². The van der Waals surface area contributed by atoms with Gasteiger partial charge < -0.3 is 0 Å². The molecule has 1 aromatic heterocycles. The van der Waals surface area contributed by atoms with Crippen LogP contribution in [0.25, 0.3) is 0 Å². The number of Topliss-reactive ketones (excluding diaryl/α,β-unsaturated/α-hetero) is 1. The summed E-state index contributed by atoms with van der Waals surface area (Å²) >= 11 is 3.48. The molecule has 110 valence electrons. The number of fused-ring (bicyclic) bond motifs is 1. The second-order valence-corrected chi connectivity index (χ2v) is 6.81. The van der Waals surface area contributed by atoms with Crippen molar-refractivity contribution in [3.63, 3.8) is 0 Å². The van der Waals surface area contributed by atoms with Crippen molar-refractivity contribution in [2.45, 2.75) is 39.2 Å². The summed E-state index contributed by atoms with van der Waals surface area (Å²) in [7, 11) is 0. The molecule has 2 aromatic rings. The molecule has 0 bridgehead atoms. The maximum absolute atomic E-state index is 12.9. The highest BCUT2D eigenvalue weighted by Gasteiger charge is 2.29. The average Bonchev–Trinajstić information content (AvgIpc) is 2.88. The Morgan fingerprint density at radius 3 is 2.76 bits per heavy atom. The molecule has 0 saturated carbocycles. The SMILES string of the molecule is CC(C)n1ncc(Br)c1C(=O)C1CCc2ccccc2C1. The Balaban J connectivity index is 1.89. The van der Waals surface area contributed by atoms with Crippen LogP contribution in [0.2, 0.25) is 0 Å². The van der Waals surface area contributed by atoms with Crippen LogP contribution in [-0.2, 0) is 12.8 Å². The Kier molecular flexibility index (Phi) is 3.98. The van der Waals surface area contributed by atoms with Crippen LogP contribution in [0.5, 0.6) is 0 Å². The second kappa shape index (κ2) is 5.76. The van der Waals surface area contributed by atoms with E-state index in [1.165, 1.54) is 11.1 Å². The fourth-order valence-electron chi connectivity index (χ4n) is 3.08. The summed E-state index contributed by atoms with van der Waals surface area (Å²) in [5.41, 5.74) is 3.42. The van der Waals surface area contributed by atoms with Gasteiger partial charge in [0.1, 0.15) is 5.69 Å². The molecule has 0 N–H and O–H groups in total. The fraction of sp³-hybridized carbons (Fsp3) is 0.412. The van der Waals surface area contributed by atoms with Crippen LogP contribution < -0.4 is 0 Å². The van der Waals surface area contributed by atoms with E-state index in [1.54, 1.807) is 6.20 Å². The Morgan fingerprint density at radius 1 is 1.33 bits per heavy atom. The minimum atomic E-state index is 0.0606. The largest absolute Gasteiger partial charge is 0.292 e. The number of aryl methyl sites for hydroxylation is 1. The third-order valence-corrected chi connectivity index (χ3v) is 4.77. The summed E-state index contributed by atoms with van der Waals surface area (Å²) < 4.78 is 2.63. The lowest BCUT2D eigenvalue weighted by Gasteiger charge is -2.24. The molecule has 1 heterocycles. The molecule has 1 atom stereocenters. The number of halogens is 1. The predicted octanol–water partition coefficient (Wildman–Crippen LogP) is 4.21. The highest BCUT2D eigenvalue weighted by Crippen LogP contribution is 2.30. The molecule has 1 aliphatic carbocycles. The van der Waals surface area contributed by atoms with Gasteiger partial charge >= 0.3 is 0 Å². The van der Waals surface area contributed by atoms with Gasteiger partial charge in [0.2, 0.25) is 0 Å².